The number of carbonyl (C=O) groups excluding carboxylic acids is 1. The lowest BCUT2D eigenvalue weighted by molar-refractivity contribution is 0.0739. The Labute approximate surface area is 161 Å². The number of piperazine rings is 1. The zero-order valence-corrected chi connectivity index (χ0v) is 16.2. The minimum atomic E-state index is -0.0962. The normalized spacial score (nSPS) is 20.4. The van der Waals surface area contributed by atoms with E-state index in [1.165, 1.54) is 12.8 Å². The Morgan fingerprint density at radius 3 is 2.89 bits per heavy atom. The topological polar surface area (TPSA) is 65.0 Å². The van der Waals surface area contributed by atoms with Crippen LogP contribution in [0.1, 0.15) is 26.2 Å². The van der Waals surface area contributed by atoms with Crippen molar-refractivity contribution in [2.45, 2.75) is 32.2 Å². The highest BCUT2D eigenvalue weighted by Crippen LogP contribution is 2.31. The molecule has 27 heavy (non-hydrogen) atoms. The molecule has 3 rings (SSSR count). The molecule has 148 valence electrons. The van der Waals surface area contributed by atoms with Gasteiger partial charge in [-0.1, -0.05) is 12.6 Å². The minimum absolute atomic E-state index is 0.0962. The highest BCUT2D eigenvalue weighted by molar-refractivity contribution is 5.89. The van der Waals surface area contributed by atoms with Crippen LogP contribution in [0.2, 0.25) is 0 Å². The van der Waals surface area contributed by atoms with E-state index >= 15 is 0 Å². The summed E-state index contributed by atoms with van der Waals surface area (Å²) in [6.45, 7) is 9.70. The first-order valence-electron chi connectivity index (χ1n) is 9.83. The van der Waals surface area contributed by atoms with E-state index < -0.39 is 0 Å². The van der Waals surface area contributed by atoms with Crippen LogP contribution in [0.25, 0.3) is 0 Å². The fraction of sp³-hybridized carbons (Fsp3) is 0.571. The maximum Gasteiger partial charge on any atom is 0.321 e. The van der Waals surface area contributed by atoms with Crippen LogP contribution in [0.15, 0.2) is 36.4 Å². The van der Waals surface area contributed by atoms with E-state index in [1.54, 1.807) is 0 Å². The molecule has 2 aliphatic rings. The van der Waals surface area contributed by atoms with E-state index in [0.717, 1.165) is 30.3 Å². The molecule has 1 saturated heterocycles. The Morgan fingerprint density at radius 2 is 2.19 bits per heavy atom. The fourth-order valence-corrected chi connectivity index (χ4v) is 3.45. The molecular formula is C21H31N3O3. The van der Waals surface area contributed by atoms with E-state index in [-0.39, 0.29) is 18.7 Å². The summed E-state index contributed by atoms with van der Waals surface area (Å²) in [5, 5.41) is 12.4. The largest absolute Gasteiger partial charge is 0.489 e. The molecule has 0 bridgehead atoms. The second kappa shape index (κ2) is 9.24. The van der Waals surface area contributed by atoms with Gasteiger partial charge in [0.05, 0.1) is 0 Å². The minimum Gasteiger partial charge on any atom is -0.489 e. The third kappa shape index (κ3) is 5.97. The quantitative estimate of drug-likeness (QED) is 0.688. The molecule has 1 saturated carbocycles. The standard InChI is InChI=1S/C21H31N3O3/c1-16(2)15-27-20-5-3-4-18(12-20)22-21(26)24-10-9-23(13-17-6-7-17)19(14-24)8-11-25/h3-5,12,17,19,25H,1,6-11,13-15H2,2H3,(H,22,26)/t19-/m1/s1. The summed E-state index contributed by atoms with van der Waals surface area (Å²) in [5.41, 5.74) is 1.67. The maximum absolute atomic E-state index is 12.7. The van der Waals surface area contributed by atoms with Gasteiger partial charge in [0, 0.05) is 50.6 Å². The Bertz CT molecular complexity index is 660. The highest BCUT2D eigenvalue weighted by atomic mass is 16.5. The van der Waals surface area contributed by atoms with Crippen molar-refractivity contribution >= 4 is 11.7 Å². The number of ether oxygens (including phenoxy) is 1. The van der Waals surface area contributed by atoms with Crippen LogP contribution in [0, 0.1) is 5.92 Å². The Balaban J connectivity index is 1.55. The van der Waals surface area contributed by atoms with Crippen LogP contribution >= 0.6 is 0 Å². The van der Waals surface area contributed by atoms with Crippen molar-refractivity contribution in [2.75, 3.05) is 44.7 Å². The number of urea groups is 1. The smallest absolute Gasteiger partial charge is 0.321 e. The second-order valence-electron chi connectivity index (χ2n) is 7.75. The average Bonchev–Trinajstić information content (AvgIpc) is 3.46. The Hall–Kier alpha value is -2.05. The lowest BCUT2D eigenvalue weighted by Crippen LogP contribution is -2.56. The van der Waals surface area contributed by atoms with E-state index in [1.807, 2.05) is 36.1 Å². The molecule has 0 spiro atoms. The summed E-state index contributed by atoms with van der Waals surface area (Å²) >= 11 is 0. The number of anilines is 1. The van der Waals surface area contributed by atoms with Gasteiger partial charge in [-0.2, -0.15) is 0 Å². The summed E-state index contributed by atoms with van der Waals surface area (Å²) in [7, 11) is 0. The van der Waals surface area contributed by atoms with Gasteiger partial charge in [0.25, 0.3) is 0 Å². The molecule has 2 N–H and O–H groups in total. The van der Waals surface area contributed by atoms with Crippen LogP contribution in [0.4, 0.5) is 10.5 Å². The van der Waals surface area contributed by atoms with Crippen LogP contribution in [0.5, 0.6) is 5.75 Å². The predicted molar refractivity (Wildman–Crippen MR) is 107 cm³/mol. The summed E-state index contributed by atoms with van der Waals surface area (Å²) in [5.74, 6) is 1.52. The average molecular weight is 373 g/mol. The number of benzene rings is 1. The first-order chi connectivity index (χ1) is 13.0. The van der Waals surface area contributed by atoms with Gasteiger partial charge in [0.2, 0.25) is 0 Å². The van der Waals surface area contributed by atoms with E-state index in [9.17, 15) is 9.90 Å². The second-order valence-corrected chi connectivity index (χ2v) is 7.75. The van der Waals surface area contributed by atoms with Crippen LogP contribution < -0.4 is 10.1 Å². The molecule has 1 aromatic rings. The molecule has 1 heterocycles. The summed E-state index contributed by atoms with van der Waals surface area (Å²) in [6.07, 6.45) is 3.34. The molecule has 2 fully saturated rings. The Kier molecular flexibility index (Phi) is 6.74. The molecule has 6 nitrogen and oxygen atoms in total. The molecule has 0 radical (unpaired) electrons. The van der Waals surface area contributed by atoms with Crippen molar-refractivity contribution in [1.29, 1.82) is 0 Å². The maximum atomic E-state index is 12.7. The Morgan fingerprint density at radius 1 is 1.37 bits per heavy atom. The molecule has 1 aliphatic carbocycles. The van der Waals surface area contributed by atoms with Gasteiger partial charge in [0.15, 0.2) is 0 Å². The van der Waals surface area contributed by atoms with Crippen LogP contribution in [0.3, 0.4) is 0 Å². The summed E-state index contributed by atoms with van der Waals surface area (Å²) < 4.78 is 5.64. The molecule has 1 atom stereocenters. The van der Waals surface area contributed by atoms with E-state index in [0.29, 0.717) is 31.9 Å². The first-order valence-corrected chi connectivity index (χ1v) is 9.83. The van der Waals surface area contributed by atoms with Gasteiger partial charge in [-0.3, -0.25) is 4.90 Å². The number of rotatable bonds is 8. The highest BCUT2D eigenvalue weighted by Gasteiger charge is 2.33. The molecule has 0 aromatic heterocycles. The van der Waals surface area contributed by atoms with Gasteiger partial charge >= 0.3 is 6.03 Å². The van der Waals surface area contributed by atoms with Gasteiger partial charge < -0.3 is 20.1 Å². The van der Waals surface area contributed by atoms with Gasteiger partial charge in [-0.05, 0) is 49.8 Å². The first kappa shape index (κ1) is 19.7. The van der Waals surface area contributed by atoms with Crippen molar-refractivity contribution < 1.29 is 14.6 Å². The van der Waals surface area contributed by atoms with Crippen molar-refractivity contribution in [2.24, 2.45) is 5.92 Å². The third-order valence-electron chi connectivity index (χ3n) is 5.11. The van der Waals surface area contributed by atoms with Crippen molar-refractivity contribution in [3.05, 3.63) is 36.4 Å². The molecular weight excluding hydrogens is 342 g/mol. The zero-order chi connectivity index (χ0) is 19.2. The zero-order valence-electron chi connectivity index (χ0n) is 16.2. The van der Waals surface area contributed by atoms with Gasteiger partial charge in [-0.15, -0.1) is 0 Å². The molecule has 6 heteroatoms. The summed E-state index contributed by atoms with van der Waals surface area (Å²) in [6, 6.07) is 7.56. The number of aliphatic hydroxyl groups excluding tert-OH is 1. The number of hydrogen-bond donors (Lipinski definition) is 2. The van der Waals surface area contributed by atoms with Crippen molar-refractivity contribution in [3.8, 4) is 5.75 Å². The number of aliphatic hydroxyl groups is 1. The van der Waals surface area contributed by atoms with Gasteiger partial charge in [-0.25, -0.2) is 4.79 Å². The number of nitrogens with zero attached hydrogens (tertiary/aromatic N) is 2. The number of nitrogens with one attached hydrogen (secondary N) is 1. The third-order valence-corrected chi connectivity index (χ3v) is 5.11. The van der Waals surface area contributed by atoms with Crippen molar-refractivity contribution in [1.82, 2.24) is 9.80 Å². The SMILES string of the molecule is C=C(C)COc1cccc(NC(=O)N2CCN(CC3CC3)[C@H](CCO)C2)c1. The van der Waals surface area contributed by atoms with Crippen LogP contribution in [-0.2, 0) is 0 Å². The monoisotopic (exact) mass is 373 g/mol. The number of hydrogen-bond acceptors (Lipinski definition) is 4. The fourth-order valence-electron chi connectivity index (χ4n) is 3.45. The van der Waals surface area contributed by atoms with Gasteiger partial charge in [0.1, 0.15) is 12.4 Å². The lowest BCUT2D eigenvalue weighted by atomic mass is 10.1. The molecule has 2 amide bonds. The van der Waals surface area contributed by atoms with Crippen molar-refractivity contribution in [3.63, 3.8) is 0 Å². The van der Waals surface area contributed by atoms with E-state index in [2.05, 4.69) is 16.8 Å². The molecule has 0 unspecified atom stereocenters. The number of amides is 2. The van der Waals surface area contributed by atoms with E-state index in [4.69, 9.17) is 4.74 Å². The summed E-state index contributed by atoms with van der Waals surface area (Å²) in [4.78, 5) is 17.0. The molecule has 1 aliphatic heterocycles. The predicted octanol–water partition coefficient (Wildman–Crippen LogP) is 2.95. The van der Waals surface area contributed by atoms with Crippen LogP contribution in [-0.4, -0.2) is 66.4 Å². The molecule has 1 aromatic carbocycles. The number of carbonyl (C=O) groups is 1. The lowest BCUT2D eigenvalue weighted by Gasteiger charge is -2.41.